The van der Waals surface area contributed by atoms with Gasteiger partial charge in [0.05, 0.1) is 0 Å². The van der Waals surface area contributed by atoms with Crippen molar-refractivity contribution in [2.45, 2.75) is 17.8 Å². The number of hydrogen-bond acceptors (Lipinski definition) is 2. The molecule has 0 heterocycles. The van der Waals surface area contributed by atoms with E-state index < -0.39 is 51.8 Å². The lowest BCUT2D eigenvalue weighted by molar-refractivity contribution is -0.314. The van der Waals surface area contributed by atoms with E-state index >= 15 is 4.39 Å². The molecule has 4 N–H and O–H groups in total. The van der Waals surface area contributed by atoms with Gasteiger partial charge in [0, 0.05) is 22.3 Å². The van der Waals surface area contributed by atoms with Crippen LogP contribution >= 0.6 is 0 Å². The van der Waals surface area contributed by atoms with E-state index in [1.54, 1.807) is 0 Å². The zero-order valence-corrected chi connectivity index (χ0v) is 13.4. The molecule has 0 bridgehead atoms. The van der Waals surface area contributed by atoms with Gasteiger partial charge in [-0.05, 0) is 24.3 Å². The van der Waals surface area contributed by atoms with E-state index in [9.17, 15) is 31.5 Å². The maximum absolute atomic E-state index is 15.1. The maximum Gasteiger partial charge on any atom is 0.433 e. The van der Waals surface area contributed by atoms with Crippen molar-refractivity contribution in [1.29, 1.82) is 0 Å². The van der Waals surface area contributed by atoms with Crippen LogP contribution in [0.2, 0.25) is 0 Å². The minimum absolute atomic E-state index is 0.307. The largest absolute Gasteiger partial charge is 0.433 e. The molecule has 1 unspecified atom stereocenters. The van der Waals surface area contributed by atoms with E-state index in [0.717, 1.165) is 24.3 Å². The van der Waals surface area contributed by atoms with Crippen LogP contribution < -0.4 is 11.5 Å². The van der Waals surface area contributed by atoms with Crippen molar-refractivity contribution in [2.24, 2.45) is 11.5 Å². The summed E-state index contributed by atoms with van der Waals surface area (Å²) in [5.74, 6) is -7.56. The molecule has 2 aromatic rings. The molecule has 0 spiro atoms. The van der Waals surface area contributed by atoms with Gasteiger partial charge in [-0.3, -0.25) is 9.59 Å². The van der Waals surface area contributed by atoms with Gasteiger partial charge in [0.25, 0.3) is 5.67 Å². The molecule has 0 aliphatic carbocycles. The topological polar surface area (TPSA) is 86.2 Å². The third-order valence-corrected chi connectivity index (χ3v) is 3.88. The van der Waals surface area contributed by atoms with Crippen LogP contribution in [0.25, 0.3) is 0 Å². The van der Waals surface area contributed by atoms with Crippen LogP contribution in [-0.4, -0.2) is 18.0 Å². The van der Waals surface area contributed by atoms with Crippen LogP contribution in [0.1, 0.15) is 31.8 Å². The summed E-state index contributed by atoms with van der Waals surface area (Å²) in [4.78, 5) is 22.3. The van der Waals surface area contributed by atoms with Gasteiger partial charge in [-0.15, -0.1) is 0 Å². The molecule has 10 heteroatoms. The lowest BCUT2D eigenvalue weighted by atomic mass is 9.83. The Morgan fingerprint density at radius 2 is 1.11 bits per heavy atom. The summed E-state index contributed by atoms with van der Waals surface area (Å²) >= 11 is 0. The van der Waals surface area contributed by atoms with Crippen molar-refractivity contribution in [3.05, 3.63) is 70.8 Å². The summed E-state index contributed by atoms with van der Waals surface area (Å²) in [6.07, 6.45) is -6.07. The first kappa shape index (κ1) is 20.3. The summed E-state index contributed by atoms with van der Waals surface area (Å²) in [6, 6.07) is 5.27. The molecule has 0 fully saturated rings. The van der Waals surface area contributed by atoms with Crippen LogP contribution in [0.4, 0.5) is 26.3 Å². The fraction of sp³-hybridized carbons (Fsp3) is 0.176. The van der Waals surface area contributed by atoms with Gasteiger partial charge in [-0.25, -0.2) is 4.39 Å². The normalized spacial score (nSPS) is 14.4. The molecule has 0 radical (unpaired) electrons. The van der Waals surface area contributed by atoms with Crippen molar-refractivity contribution < 1.29 is 35.9 Å². The molecule has 2 aromatic carbocycles. The molecule has 0 aliphatic rings. The third-order valence-electron chi connectivity index (χ3n) is 3.88. The van der Waals surface area contributed by atoms with Gasteiger partial charge < -0.3 is 11.5 Å². The summed E-state index contributed by atoms with van der Waals surface area (Å²) in [5, 5.41) is 0. The van der Waals surface area contributed by atoms with E-state index in [-0.39, 0.29) is 0 Å². The van der Waals surface area contributed by atoms with Crippen molar-refractivity contribution >= 4 is 11.8 Å². The van der Waals surface area contributed by atoms with E-state index in [1.807, 2.05) is 0 Å². The lowest BCUT2D eigenvalue weighted by Gasteiger charge is -2.35. The first-order valence-corrected chi connectivity index (χ1v) is 7.26. The third kappa shape index (κ3) is 3.34. The number of nitrogens with two attached hydrogens (primary N) is 2. The summed E-state index contributed by atoms with van der Waals surface area (Å²) < 4.78 is 85.2. The summed E-state index contributed by atoms with van der Waals surface area (Å²) in [6.45, 7) is 0. The van der Waals surface area contributed by atoms with Crippen LogP contribution in [0.15, 0.2) is 48.5 Å². The second-order valence-electron chi connectivity index (χ2n) is 5.62. The monoisotopic (exact) mass is 390 g/mol. The first-order chi connectivity index (χ1) is 12.3. The molecule has 4 nitrogen and oxygen atoms in total. The smallest absolute Gasteiger partial charge is 0.366 e. The second-order valence-corrected chi connectivity index (χ2v) is 5.62. The number of benzene rings is 2. The Labute approximate surface area is 148 Å². The molecule has 2 amide bonds. The Bertz CT molecular complexity index is 897. The van der Waals surface area contributed by atoms with Crippen LogP contribution in [0.3, 0.4) is 0 Å². The molecule has 1 atom stereocenters. The Morgan fingerprint density at radius 1 is 0.704 bits per heavy atom. The van der Waals surface area contributed by atoms with E-state index in [4.69, 9.17) is 11.5 Å². The number of rotatable bonds is 5. The number of amides is 2. The van der Waals surface area contributed by atoms with Gasteiger partial charge in [-0.1, -0.05) is 24.3 Å². The molecule has 0 aliphatic heterocycles. The Hall–Kier alpha value is -3.04. The van der Waals surface area contributed by atoms with Gasteiger partial charge in [0.1, 0.15) is 0 Å². The zero-order valence-electron chi connectivity index (χ0n) is 13.4. The molecule has 0 saturated carbocycles. The highest BCUT2D eigenvalue weighted by molar-refractivity contribution is 5.93. The molecule has 0 aromatic heterocycles. The van der Waals surface area contributed by atoms with Gasteiger partial charge in [0.2, 0.25) is 11.8 Å². The fourth-order valence-corrected chi connectivity index (χ4v) is 2.48. The van der Waals surface area contributed by atoms with Gasteiger partial charge in [-0.2, -0.15) is 22.0 Å². The van der Waals surface area contributed by atoms with Gasteiger partial charge in [0.15, 0.2) is 0 Å². The van der Waals surface area contributed by atoms with Crippen molar-refractivity contribution in [3.63, 3.8) is 0 Å². The van der Waals surface area contributed by atoms with Crippen LogP contribution in [0, 0.1) is 0 Å². The highest BCUT2D eigenvalue weighted by atomic mass is 19.4. The number of carbonyl (C=O) groups is 2. The molecule has 144 valence electrons. The summed E-state index contributed by atoms with van der Waals surface area (Å²) in [5.41, 5.74) is 0.619. The van der Waals surface area contributed by atoms with Gasteiger partial charge >= 0.3 is 12.1 Å². The highest BCUT2D eigenvalue weighted by Crippen LogP contribution is 2.57. The molecule has 2 rings (SSSR count). The summed E-state index contributed by atoms with van der Waals surface area (Å²) in [7, 11) is 0. The average Bonchev–Trinajstić information content (AvgIpc) is 2.60. The number of halogens is 6. The molecular formula is C17H12F6N2O2. The SMILES string of the molecule is NC(=O)c1cccc(C(F)(F)C(F)(c2cccc(C(N)=O)c2)C(F)(F)F)c1. The van der Waals surface area contributed by atoms with E-state index in [0.29, 0.717) is 24.3 Å². The van der Waals surface area contributed by atoms with Crippen molar-refractivity contribution in [3.8, 4) is 0 Å². The second kappa shape index (κ2) is 6.60. The van der Waals surface area contributed by atoms with Crippen LogP contribution in [0.5, 0.6) is 0 Å². The number of hydrogen-bond donors (Lipinski definition) is 2. The Kier molecular flexibility index (Phi) is 4.96. The fourth-order valence-electron chi connectivity index (χ4n) is 2.48. The zero-order chi connectivity index (χ0) is 20.6. The number of alkyl halides is 6. The molecular weight excluding hydrogens is 378 g/mol. The predicted octanol–water partition coefficient (Wildman–Crippen LogP) is 3.40. The lowest BCUT2D eigenvalue weighted by Crippen LogP contribution is -2.51. The van der Waals surface area contributed by atoms with Crippen molar-refractivity contribution in [2.75, 3.05) is 0 Å². The standard InChI is InChI=1S/C17H12F6N2O2/c18-15(17(21,22)23,11-5-1-3-9(7-11)13(24)26)16(19,20)12-6-2-4-10(8-12)14(25)27/h1-8H,(H2,24,26)(H2,25,27). The minimum atomic E-state index is -6.07. The van der Waals surface area contributed by atoms with Crippen LogP contribution in [-0.2, 0) is 11.6 Å². The highest BCUT2D eigenvalue weighted by Gasteiger charge is 2.72. The number of carbonyl (C=O) groups excluding carboxylic acids is 2. The molecule has 0 saturated heterocycles. The van der Waals surface area contributed by atoms with E-state index in [1.165, 1.54) is 0 Å². The maximum atomic E-state index is 15.1. The molecule has 27 heavy (non-hydrogen) atoms. The minimum Gasteiger partial charge on any atom is -0.366 e. The Morgan fingerprint density at radius 3 is 1.52 bits per heavy atom. The first-order valence-electron chi connectivity index (χ1n) is 7.26. The quantitative estimate of drug-likeness (QED) is 0.767. The Balaban J connectivity index is 2.75. The predicted molar refractivity (Wildman–Crippen MR) is 82.7 cm³/mol. The van der Waals surface area contributed by atoms with Crippen molar-refractivity contribution in [1.82, 2.24) is 0 Å². The van der Waals surface area contributed by atoms with E-state index in [2.05, 4.69) is 0 Å². The average molecular weight is 390 g/mol. The number of primary amides is 2.